The molecule has 2 nitrogen and oxygen atoms in total. The highest BCUT2D eigenvalue weighted by Crippen LogP contribution is 2.22. The SMILES string of the molecule is CCCc1ccc(C(C)NC(C)C2CCOCC2)cc1. The van der Waals surface area contributed by atoms with E-state index in [1.807, 2.05) is 0 Å². The lowest BCUT2D eigenvalue weighted by Gasteiger charge is -2.31. The molecule has 1 heterocycles. The summed E-state index contributed by atoms with van der Waals surface area (Å²) in [4.78, 5) is 0. The fraction of sp³-hybridized carbons (Fsp3) is 0.667. The molecular weight excluding hydrogens is 246 g/mol. The predicted octanol–water partition coefficient (Wildman–Crippen LogP) is 4.10. The summed E-state index contributed by atoms with van der Waals surface area (Å²) >= 11 is 0. The van der Waals surface area contributed by atoms with Gasteiger partial charge in [-0.1, -0.05) is 37.6 Å². The topological polar surface area (TPSA) is 21.3 Å². The smallest absolute Gasteiger partial charge is 0.0469 e. The standard InChI is InChI=1S/C18H29NO/c1-4-5-16-6-8-17(9-7-16)14(2)19-15(3)18-10-12-20-13-11-18/h6-9,14-15,18-19H,4-5,10-13H2,1-3H3. The number of ether oxygens (including phenoxy) is 1. The quantitative estimate of drug-likeness (QED) is 0.843. The Hall–Kier alpha value is -0.860. The van der Waals surface area contributed by atoms with E-state index in [9.17, 15) is 0 Å². The van der Waals surface area contributed by atoms with Crippen LogP contribution in [0.15, 0.2) is 24.3 Å². The second-order valence-corrected chi connectivity index (χ2v) is 6.12. The van der Waals surface area contributed by atoms with Crippen molar-refractivity contribution in [3.05, 3.63) is 35.4 Å². The van der Waals surface area contributed by atoms with Gasteiger partial charge in [-0.3, -0.25) is 0 Å². The highest BCUT2D eigenvalue weighted by Gasteiger charge is 2.21. The third kappa shape index (κ3) is 4.32. The van der Waals surface area contributed by atoms with E-state index in [1.54, 1.807) is 0 Å². The molecule has 1 aliphatic rings. The molecule has 112 valence electrons. The monoisotopic (exact) mass is 275 g/mol. The largest absolute Gasteiger partial charge is 0.381 e. The first-order valence-corrected chi connectivity index (χ1v) is 8.13. The zero-order valence-electron chi connectivity index (χ0n) is 13.2. The molecule has 1 aromatic carbocycles. The van der Waals surface area contributed by atoms with Gasteiger partial charge in [-0.05, 0) is 50.2 Å². The third-order valence-electron chi connectivity index (χ3n) is 4.50. The minimum atomic E-state index is 0.420. The fourth-order valence-corrected chi connectivity index (χ4v) is 3.10. The van der Waals surface area contributed by atoms with Gasteiger partial charge in [-0.15, -0.1) is 0 Å². The second-order valence-electron chi connectivity index (χ2n) is 6.12. The first kappa shape index (κ1) is 15.5. The van der Waals surface area contributed by atoms with Crippen molar-refractivity contribution in [1.82, 2.24) is 5.32 Å². The van der Waals surface area contributed by atoms with E-state index in [4.69, 9.17) is 4.74 Å². The van der Waals surface area contributed by atoms with Gasteiger partial charge in [0, 0.05) is 25.3 Å². The third-order valence-corrected chi connectivity index (χ3v) is 4.50. The summed E-state index contributed by atoms with van der Waals surface area (Å²) < 4.78 is 5.45. The van der Waals surface area contributed by atoms with Gasteiger partial charge in [-0.2, -0.15) is 0 Å². The number of benzene rings is 1. The molecule has 0 aliphatic carbocycles. The molecule has 1 aliphatic heterocycles. The Bertz CT molecular complexity index is 381. The molecule has 0 aromatic heterocycles. The number of hydrogen-bond donors (Lipinski definition) is 1. The Kier molecular flexibility index (Phi) is 6.06. The molecule has 2 heteroatoms. The van der Waals surface area contributed by atoms with Crippen molar-refractivity contribution in [1.29, 1.82) is 0 Å². The molecule has 0 bridgehead atoms. The van der Waals surface area contributed by atoms with Crippen molar-refractivity contribution in [2.24, 2.45) is 5.92 Å². The summed E-state index contributed by atoms with van der Waals surface area (Å²) in [6.45, 7) is 8.67. The van der Waals surface area contributed by atoms with Crippen LogP contribution in [-0.2, 0) is 11.2 Å². The average molecular weight is 275 g/mol. The van der Waals surface area contributed by atoms with Crippen LogP contribution >= 0.6 is 0 Å². The van der Waals surface area contributed by atoms with Crippen LogP contribution in [-0.4, -0.2) is 19.3 Å². The van der Waals surface area contributed by atoms with Crippen molar-refractivity contribution in [3.63, 3.8) is 0 Å². The van der Waals surface area contributed by atoms with Crippen molar-refractivity contribution in [3.8, 4) is 0 Å². The Balaban J connectivity index is 1.88. The van der Waals surface area contributed by atoms with Crippen LogP contribution < -0.4 is 5.32 Å². The normalized spacial score (nSPS) is 19.8. The van der Waals surface area contributed by atoms with Gasteiger partial charge in [0.15, 0.2) is 0 Å². The molecule has 0 saturated carbocycles. The maximum atomic E-state index is 5.45. The predicted molar refractivity (Wildman–Crippen MR) is 85.0 cm³/mol. The first-order chi connectivity index (χ1) is 9.70. The maximum Gasteiger partial charge on any atom is 0.0469 e. The Morgan fingerprint density at radius 1 is 1.15 bits per heavy atom. The molecule has 1 aromatic rings. The number of hydrogen-bond acceptors (Lipinski definition) is 2. The van der Waals surface area contributed by atoms with Crippen LogP contribution in [0.5, 0.6) is 0 Å². The van der Waals surface area contributed by atoms with E-state index in [2.05, 4.69) is 50.4 Å². The van der Waals surface area contributed by atoms with Crippen LogP contribution in [0.4, 0.5) is 0 Å². The Morgan fingerprint density at radius 2 is 1.80 bits per heavy atom. The van der Waals surface area contributed by atoms with E-state index in [0.29, 0.717) is 12.1 Å². The lowest BCUT2D eigenvalue weighted by atomic mass is 9.92. The molecule has 0 amide bonds. The molecule has 2 atom stereocenters. The Morgan fingerprint density at radius 3 is 2.40 bits per heavy atom. The van der Waals surface area contributed by atoms with Crippen molar-refractivity contribution < 1.29 is 4.74 Å². The van der Waals surface area contributed by atoms with Crippen molar-refractivity contribution in [2.45, 2.75) is 58.5 Å². The fourth-order valence-electron chi connectivity index (χ4n) is 3.10. The highest BCUT2D eigenvalue weighted by molar-refractivity contribution is 5.24. The number of aryl methyl sites for hydroxylation is 1. The van der Waals surface area contributed by atoms with E-state index in [-0.39, 0.29) is 0 Å². The summed E-state index contributed by atoms with van der Waals surface area (Å²) in [5.41, 5.74) is 2.84. The highest BCUT2D eigenvalue weighted by atomic mass is 16.5. The number of rotatable bonds is 6. The minimum absolute atomic E-state index is 0.420. The van der Waals surface area contributed by atoms with Gasteiger partial charge < -0.3 is 10.1 Å². The summed E-state index contributed by atoms with van der Waals surface area (Å²) in [5.74, 6) is 0.755. The molecule has 0 spiro atoms. The molecule has 2 unspecified atom stereocenters. The minimum Gasteiger partial charge on any atom is -0.381 e. The van der Waals surface area contributed by atoms with Crippen LogP contribution in [0.3, 0.4) is 0 Å². The second kappa shape index (κ2) is 7.80. The molecule has 1 fully saturated rings. The summed E-state index contributed by atoms with van der Waals surface area (Å²) in [6, 6.07) is 10.1. The van der Waals surface area contributed by atoms with Crippen molar-refractivity contribution >= 4 is 0 Å². The molecule has 1 saturated heterocycles. The maximum absolute atomic E-state index is 5.45. The Labute approximate surface area is 123 Å². The van der Waals surface area contributed by atoms with Crippen LogP contribution in [0, 0.1) is 5.92 Å². The van der Waals surface area contributed by atoms with E-state index in [0.717, 1.165) is 19.1 Å². The lowest BCUT2D eigenvalue weighted by molar-refractivity contribution is 0.0547. The van der Waals surface area contributed by atoms with Gasteiger partial charge in [0.2, 0.25) is 0 Å². The zero-order chi connectivity index (χ0) is 14.4. The molecule has 2 rings (SSSR count). The number of nitrogens with one attached hydrogen (secondary N) is 1. The van der Waals surface area contributed by atoms with Gasteiger partial charge >= 0.3 is 0 Å². The average Bonchev–Trinajstić information content (AvgIpc) is 2.49. The van der Waals surface area contributed by atoms with Crippen LogP contribution in [0.1, 0.15) is 57.2 Å². The van der Waals surface area contributed by atoms with Gasteiger partial charge in [0.1, 0.15) is 0 Å². The summed E-state index contributed by atoms with van der Waals surface area (Å²) in [5, 5.41) is 3.76. The van der Waals surface area contributed by atoms with E-state index >= 15 is 0 Å². The summed E-state index contributed by atoms with van der Waals surface area (Å²) in [7, 11) is 0. The first-order valence-electron chi connectivity index (χ1n) is 8.13. The van der Waals surface area contributed by atoms with Gasteiger partial charge in [0.25, 0.3) is 0 Å². The molecule has 0 radical (unpaired) electrons. The van der Waals surface area contributed by atoms with Gasteiger partial charge in [0.05, 0.1) is 0 Å². The van der Waals surface area contributed by atoms with Gasteiger partial charge in [-0.25, -0.2) is 0 Å². The van der Waals surface area contributed by atoms with Crippen LogP contribution in [0.2, 0.25) is 0 Å². The van der Waals surface area contributed by atoms with E-state index < -0.39 is 0 Å². The molecule has 20 heavy (non-hydrogen) atoms. The van der Waals surface area contributed by atoms with Crippen molar-refractivity contribution in [2.75, 3.05) is 13.2 Å². The van der Waals surface area contributed by atoms with Crippen LogP contribution in [0.25, 0.3) is 0 Å². The molecule has 1 N–H and O–H groups in total. The zero-order valence-corrected chi connectivity index (χ0v) is 13.2. The summed E-state index contributed by atoms with van der Waals surface area (Å²) in [6.07, 6.45) is 4.78. The lowest BCUT2D eigenvalue weighted by Crippen LogP contribution is -2.38. The van der Waals surface area contributed by atoms with E-state index in [1.165, 1.54) is 36.8 Å². The molecular formula is C18H29NO.